The number of primary sulfonamides is 1. The maximum Gasteiger partial charge on any atom is 0.282 e. The molecule has 3 aromatic rings. The largest absolute Gasteiger partial charge is 0.457 e. The first-order chi connectivity index (χ1) is 14.2. The fourth-order valence-corrected chi connectivity index (χ4v) is 3.51. The number of benzene rings is 2. The molecular formula is C20H14ClN3O5S. The summed E-state index contributed by atoms with van der Waals surface area (Å²) in [5, 5.41) is 6.72. The normalized spacial score (nSPS) is 15.7. The number of carbonyl (C=O) groups excluding carboxylic acids is 2. The molecule has 0 saturated carbocycles. The van der Waals surface area contributed by atoms with E-state index < -0.39 is 21.8 Å². The molecule has 10 heteroatoms. The Morgan fingerprint density at radius 2 is 1.63 bits per heavy atom. The number of furan rings is 1. The number of nitrogens with two attached hydrogens (primary N) is 1. The molecule has 0 unspecified atom stereocenters. The highest BCUT2D eigenvalue weighted by molar-refractivity contribution is 7.89. The van der Waals surface area contributed by atoms with E-state index in [9.17, 15) is 18.0 Å². The minimum absolute atomic E-state index is 0.0179. The second-order valence-corrected chi connectivity index (χ2v) is 8.39. The van der Waals surface area contributed by atoms with Gasteiger partial charge in [0, 0.05) is 10.6 Å². The molecule has 1 aromatic heterocycles. The fraction of sp³-hybridized carbons (Fsp3) is 0. The van der Waals surface area contributed by atoms with E-state index in [1.54, 1.807) is 48.5 Å². The number of nitrogens with zero attached hydrogens (tertiary/aromatic N) is 1. The topological polar surface area (TPSA) is 123 Å². The minimum Gasteiger partial charge on any atom is -0.457 e. The minimum atomic E-state index is -3.79. The third kappa shape index (κ3) is 3.86. The van der Waals surface area contributed by atoms with Crippen LogP contribution in [0.1, 0.15) is 5.76 Å². The van der Waals surface area contributed by atoms with Crippen molar-refractivity contribution in [3.8, 4) is 11.3 Å². The van der Waals surface area contributed by atoms with Gasteiger partial charge >= 0.3 is 0 Å². The van der Waals surface area contributed by atoms with Gasteiger partial charge < -0.3 is 4.42 Å². The van der Waals surface area contributed by atoms with Crippen molar-refractivity contribution in [1.82, 2.24) is 5.43 Å². The molecule has 1 aliphatic rings. The highest BCUT2D eigenvalue weighted by atomic mass is 35.5. The number of hydrogen-bond acceptors (Lipinski definition) is 5. The molecule has 4 rings (SSSR count). The number of hydrogen-bond donors (Lipinski definition) is 2. The summed E-state index contributed by atoms with van der Waals surface area (Å²) in [5.74, 6) is -0.372. The Morgan fingerprint density at radius 3 is 2.27 bits per heavy atom. The van der Waals surface area contributed by atoms with Crippen LogP contribution in [0.15, 0.2) is 75.5 Å². The molecule has 0 atom stereocenters. The van der Waals surface area contributed by atoms with Gasteiger partial charge in [-0.05, 0) is 66.7 Å². The van der Waals surface area contributed by atoms with Gasteiger partial charge in [0.2, 0.25) is 10.0 Å². The van der Waals surface area contributed by atoms with Crippen LogP contribution in [-0.4, -0.2) is 20.2 Å². The van der Waals surface area contributed by atoms with Crippen LogP contribution in [0, 0.1) is 0 Å². The summed E-state index contributed by atoms with van der Waals surface area (Å²) in [5.41, 5.74) is 3.48. The van der Waals surface area contributed by atoms with Crippen LogP contribution in [0.25, 0.3) is 17.4 Å². The number of amides is 2. The van der Waals surface area contributed by atoms with Crippen LogP contribution >= 0.6 is 11.6 Å². The first-order valence-corrected chi connectivity index (χ1v) is 10.5. The molecule has 2 heterocycles. The van der Waals surface area contributed by atoms with E-state index in [4.69, 9.17) is 21.2 Å². The van der Waals surface area contributed by atoms with Gasteiger partial charge in [0.1, 0.15) is 17.1 Å². The summed E-state index contributed by atoms with van der Waals surface area (Å²) < 4.78 is 28.4. The zero-order chi connectivity index (χ0) is 21.5. The highest BCUT2D eigenvalue weighted by Crippen LogP contribution is 2.27. The number of carbonyl (C=O) groups is 2. The lowest BCUT2D eigenvalue weighted by atomic mass is 10.2. The Morgan fingerprint density at radius 1 is 0.967 bits per heavy atom. The summed E-state index contributed by atoms with van der Waals surface area (Å²) in [6, 6.07) is 15.5. The van der Waals surface area contributed by atoms with Crippen molar-refractivity contribution in [3.05, 3.63) is 77.0 Å². The number of hydrazine groups is 1. The lowest BCUT2D eigenvalue weighted by Crippen LogP contribution is -2.35. The molecule has 0 aliphatic carbocycles. The van der Waals surface area contributed by atoms with E-state index in [2.05, 4.69) is 5.43 Å². The number of sulfonamides is 1. The lowest BCUT2D eigenvalue weighted by molar-refractivity contribution is -0.117. The van der Waals surface area contributed by atoms with Crippen LogP contribution < -0.4 is 15.6 Å². The van der Waals surface area contributed by atoms with Gasteiger partial charge in [-0.2, -0.15) is 0 Å². The van der Waals surface area contributed by atoms with Gasteiger partial charge in [-0.3, -0.25) is 15.0 Å². The number of rotatable bonds is 4. The lowest BCUT2D eigenvalue weighted by Gasteiger charge is -2.14. The Kier molecular flexibility index (Phi) is 4.94. The van der Waals surface area contributed by atoms with Crippen LogP contribution in [0.2, 0.25) is 5.02 Å². The standard InChI is InChI=1S/C20H14ClN3O5S/c21-13-3-5-14(6-4-13)24-20(26)17(19(25)23-24)11-15-7-10-18(29-15)12-1-8-16(9-2-12)30(22,27)28/h1-11H,(H,23,25)(H2,22,27,28)/b17-11-. The van der Waals surface area contributed by atoms with Gasteiger partial charge in [0.25, 0.3) is 11.8 Å². The van der Waals surface area contributed by atoms with E-state index in [-0.39, 0.29) is 16.2 Å². The van der Waals surface area contributed by atoms with Crippen LogP contribution in [0.5, 0.6) is 0 Å². The molecule has 2 amide bonds. The van der Waals surface area contributed by atoms with E-state index in [0.717, 1.165) is 5.01 Å². The molecule has 0 radical (unpaired) electrons. The molecule has 1 fully saturated rings. The fourth-order valence-electron chi connectivity index (χ4n) is 2.87. The molecular weight excluding hydrogens is 430 g/mol. The predicted molar refractivity (Wildman–Crippen MR) is 111 cm³/mol. The predicted octanol–water partition coefficient (Wildman–Crippen LogP) is 2.71. The number of nitrogens with one attached hydrogen (secondary N) is 1. The Bertz CT molecular complexity index is 1280. The third-order valence-corrected chi connectivity index (χ3v) is 5.54. The van der Waals surface area contributed by atoms with Gasteiger partial charge in [-0.15, -0.1) is 0 Å². The molecule has 2 aromatic carbocycles. The second-order valence-electron chi connectivity index (χ2n) is 6.39. The van der Waals surface area contributed by atoms with E-state index >= 15 is 0 Å². The maximum atomic E-state index is 12.6. The maximum absolute atomic E-state index is 12.6. The SMILES string of the molecule is NS(=O)(=O)c1ccc(-c2ccc(/C=C3/C(=O)NN(c4ccc(Cl)cc4)C3=O)o2)cc1. The first-order valence-electron chi connectivity index (χ1n) is 8.58. The van der Waals surface area contributed by atoms with E-state index in [1.807, 2.05) is 0 Å². The third-order valence-electron chi connectivity index (χ3n) is 4.36. The van der Waals surface area contributed by atoms with E-state index in [1.165, 1.54) is 18.2 Å². The summed E-state index contributed by atoms with van der Waals surface area (Å²) in [4.78, 5) is 24.9. The monoisotopic (exact) mass is 443 g/mol. The zero-order valence-electron chi connectivity index (χ0n) is 15.2. The van der Waals surface area contributed by atoms with Crippen molar-refractivity contribution in [1.29, 1.82) is 0 Å². The summed E-state index contributed by atoms with van der Waals surface area (Å²) in [6.45, 7) is 0. The molecule has 0 bridgehead atoms. The quantitative estimate of drug-likeness (QED) is 0.474. The van der Waals surface area contributed by atoms with Crippen LogP contribution in [-0.2, 0) is 19.6 Å². The molecule has 8 nitrogen and oxygen atoms in total. The van der Waals surface area contributed by atoms with Crippen molar-refractivity contribution in [2.75, 3.05) is 5.01 Å². The molecule has 0 spiro atoms. The first kappa shape index (κ1) is 19.9. The molecule has 3 N–H and O–H groups in total. The van der Waals surface area contributed by atoms with E-state index in [0.29, 0.717) is 22.0 Å². The smallest absolute Gasteiger partial charge is 0.282 e. The average Bonchev–Trinajstić information content (AvgIpc) is 3.28. The number of anilines is 1. The Hall–Kier alpha value is -3.40. The number of halogens is 1. The summed E-state index contributed by atoms with van der Waals surface area (Å²) >= 11 is 5.85. The molecule has 1 aliphatic heterocycles. The molecule has 1 saturated heterocycles. The Balaban J connectivity index is 1.58. The second kappa shape index (κ2) is 7.45. The summed E-state index contributed by atoms with van der Waals surface area (Å²) in [7, 11) is -3.79. The van der Waals surface area contributed by atoms with Gasteiger partial charge in [0.05, 0.1) is 10.6 Å². The zero-order valence-corrected chi connectivity index (χ0v) is 16.8. The van der Waals surface area contributed by atoms with Crippen molar-refractivity contribution < 1.29 is 22.4 Å². The molecule has 30 heavy (non-hydrogen) atoms. The van der Waals surface area contributed by atoms with Crippen LogP contribution in [0.3, 0.4) is 0 Å². The van der Waals surface area contributed by atoms with Crippen molar-refractivity contribution in [2.45, 2.75) is 4.90 Å². The van der Waals surface area contributed by atoms with Gasteiger partial charge in [-0.25, -0.2) is 18.6 Å². The van der Waals surface area contributed by atoms with Crippen molar-refractivity contribution in [3.63, 3.8) is 0 Å². The van der Waals surface area contributed by atoms with Crippen LogP contribution in [0.4, 0.5) is 5.69 Å². The van der Waals surface area contributed by atoms with Crippen molar-refractivity contribution in [2.24, 2.45) is 5.14 Å². The van der Waals surface area contributed by atoms with Crippen molar-refractivity contribution >= 4 is 45.2 Å². The Labute approximate surface area is 176 Å². The molecule has 152 valence electrons. The average molecular weight is 444 g/mol. The summed E-state index contributed by atoms with van der Waals surface area (Å²) in [6.07, 6.45) is 1.34. The van der Waals surface area contributed by atoms with Gasteiger partial charge in [0.15, 0.2) is 0 Å². The van der Waals surface area contributed by atoms with Gasteiger partial charge in [-0.1, -0.05) is 11.6 Å². The highest BCUT2D eigenvalue weighted by Gasteiger charge is 2.34.